The summed E-state index contributed by atoms with van der Waals surface area (Å²) in [5, 5.41) is 8.70. The Labute approximate surface area is 72.7 Å². The molecular weight excluding hydrogens is 152 g/mol. The van der Waals surface area contributed by atoms with Crippen LogP contribution in [0.4, 0.5) is 5.82 Å². The van der Waals surface area contributed by atoms with Gasteiger partial charge in [-0.1, -0.05) is 6.07 Å². The molecular formula is C9H14N2O. The zero-order valence-electron chi connectivity index (χ0n) is 7.49. The van der Waals surface area contributed by atoms with Gasteiger partial charge in [0, 0.05) is 19.3 Å². The average Bonchev–Trinajstić information content (AvgIpc) is 2.05. The molecule has 0 radical (unpaired) electrons. The van der Waals surface area contributed by atoms with Crippen LogP contribution in [0.25, 0.3) is 0 Å². The van der Waals surface area contributed by atoms with E-state index in [2.05, 4.69) is 4.98 Å². The number of aliphatic hydroxyl groups is 1. The van der Waals surface area contributed by atoms with Crippen LogP contribution < -0.4 is 4.90 Å². The van der Waals surface area contributed by atoms with Gasteiger partial charge in [-0.25, -0.2) is 4.98 Å². The third kappa shape index (κ3) is 2.20. The van der Waals surface area contributed by atoms with Gasteiger partial charge in [-0.05, 0) is 19.1 Å². The lowest BCUT2D eigenvalue weighted by Gasteiger charge is -2.16. The van der Waals surface area contributed by atoms with Crippen molar-refractivity contribution in [3.05, 3.63) is 23.9 Å². The first-order valence-corrected chi connectivity index (χ1v) is 3.99. The maximum atomic E-state index is 8.70. The standard InChI is InChI=1S/C9H14N2O/c1-8-4-3-5-9(10-8)11(2)6-7-12/h3-5,12H,6-7H2,1-2H3. The minimum atomic E-state index is 0.159. The van der Waals surface area contributed by atoms with Crippen LogP contribution in [0.1, 0.15) is 5.69 Å². The van der Waals surface area contributed by atoms with E-state index in [0.717, 1.165) is 11.5 Å². The maximum Gasteiger partial charge on any atom is 0.128 e. The van der Waals surface area contributed by atoms with Gasteiger partial charge in [-0.3, -0.25) is 0 Å². The highest BCUT2D eigenvalue weighted by atomic mass is 16.3. The fraction of sp³-hybridized carbons (Fsp3) is 0.444. The number of likely N-dealkylation sites (N-methyl/N-ethyl adjacent to an activating group) is 1. The second-order valence-corrected chi connectivity index (χ2v) is 2.78. The van der Waals surface area contributed by atoms with Crippen LogP contribution in [0.3, 0.4) is 0 Å². The topological polar surface area (TPSA) is 36.4 Å². The maximum absolute atomic E-state index is 8.70. The molecule has 0 saturated heterocycles. The van der Waals surface area contributed by atoms with E-state index in [1.54, 1.807) is 0 Å². The Bertz CT molecular complexity index is 250. The summed E-state index contributed by atoms with van der Waals surface area (Å²) in [6.45, 7) is 2.73. The molecule has 0 bridgehead atoms. The van der Waals surface area contributed by atoms with Gasteiger partial charge in [0.15, 0.2) is 0 Å². The SMILES string of the molecule is Cc1cccc(N(C)CCO)n1. The summed E-state index contributed by atoms with van der Waals surface area (Å²) in [6, 6.07) is 5.85. The second kappa shape index (κ2) is 4.07. The fourth-order valence-electron chi connectivity index (χ4n) is 1.01. The van der Waals surface area contributed by atoms with Crippen molar-refractivity contribution in [2.75, 3.05) is 25.1 Å². The van der Waals surface area contributed by atoms with Crippen LogP contribution in [0, 0.1) is 6.92 Å². The number of hydrogen-bond donors (Lipinski definition) is 1. The van der Waals surface area contributed by atoms with Crippen molar-refractivity contribution in [1.29, 1.82) is 0 Å². The van der Waals surface area contributed by atoms with E-state index in [-0.39, 0.29) is 6.61 Å². The van der Waals surface area contributed by atoms with E-state index >= 15 is 0 Å². The molecule has 0 saturated carbocycles. The van der Waals surface area contributed by atoms with E-state index in [4.69, 9.17) is 5.11 Å². The molecule has 66 valence electrons. The van der Waals surface area contributed by atoms with Crippen LogP contribution >= 0.6 is 0 Å². The molecule has 1 N–H and O–H groups in total. The first-order chi connectivity index (χ1) is 5.74. The lowest BCUT2D eigenvalue weighted by molar-refractivity contribution is 0.304. The summed E-state index contributed by atoms with van der Waals surface area (Å²) in [7, 11) is 1.91. The molecule has 1 heterocycles. The lowest BCUT2D eigenvalue weighted by Crippen LogP contribution is -2.22. The summed E-state index contributed by atoms with van der Waals surface area (Å²) in [5.41, 5.74) is 0.997. The van der Waals surface area contributed by atoms with E-state index in [0.29, 0.717) is 6.54 Å². The molecule has 0 aromatic carbocycles. The van der Waals surface area contributed by atoms with Gasteiger partial charge in [0.2, 0.25) is 0 Å². The smallest absolute Gasteiger partial charge is 0.128 e. The van der Waals surface area contributed by atoms with E-state index in [1.165, 1.54) is 0 Å². The number of aromatic nitrogens is 1. The molecule has 0 fully saturated rings. The molecule has 3 nitrogen and oxygen atoms in total. The van der Waals surface area contributed by atoms with Gasteiger partial charge < -0.3 is 10.0 Å². The molecule has 1 aromatic heterocycles. The number of pyridine rings is 1. The van der Waals surface area contributed by atoms with Crippen molar-refractivity contribution in [1.82, 2.24) is 4.98 Å². The molecule has 0 aliphatic carbocycles. The van der Waals surface area contributed by atoms with Crippen molar-refractivity contribution in [2.24, 2.45) is 0 Å². The number of aryl methyl sites for hydroxylation is 1. The number of hydrogen-bond acceptors (Lipinski definition) is 3. The molecule has 0 atom stereocenters. The van der Waals surface area contributed by atoms with Gasteiger partial charge in [0.05, 0.1) is 6.61 Å². The summed E-state index contributed by atoms with van der Waals surface area (Å²) in [4.78, 5) is 6.23. The number of anilines is 1. The van der Waals surface area contributed by atoms with Crippen molar-refractivity contribution in [2.45, 2.75) is 6.92 Å². The minimum Gasteiger partial charge on any atom is -0.395 e. The van der Waals surface area contributed by atoms with Crippen molar-refractivity contribution in [3.8, 4) is 0 Å². The Morgan fingerprint density at radius 2 is 2.25 bits per heavy atom. The average molecular weight is 166 g/mol. The molecule has 1 aromatic rings. The van der Waals surface area contributed by atoms with Crippen LogP contribution in [0.5, 0.6) is 0 Å². The highest BCUT2D eigenvalue weighted by Crippen LogP contribution is 2.07. The molecule has 1 rings (SSSR count). The third-order valence-corrected chi connectivity index (χ3v) is 1.70. The van der Waals surface area contributed by atoms with Crippen LogP contribution in [-0.4, -0.2) is 30.3 Å². The monoisotopic (exact) mass is 166 g/mol. The predicted octanol–water partition coefficient (Wildman–Crippen LogP) is 0.819. The van der Waals surface area contributed by atoms with Gasteiger partial charge in [-0.2, -0.15) is 0 Å². The van der Waals surface area contributed by atoms with Crippen molar-refractivity contribution >= 4 is 5.82 Å². The van der Waals surface area contributed by atoms with Crippen LogP contribution in [0.15, 0.2) is 18.2 Å². The Morgan fingerprint density at radius 1 is 1.50 bits per heavy atom. The first kappa shape index (κ1) is 9.00. The fourth-order valence-corrected chi connectivity index (χ4v) is 1.01. The van der Waals surface area contributed by atoms with Gasteiger partial charge in [0.25, 0.3) is 0 Å². The largest absolute Gasteiger partial charge is 0.395 e. The number of rotatable bonds is 3. The molecule has 0 spiro atoms. The first-order valence-electron chi connectivity index (χ1n) is 3.99. The highest BCUT2D eigenvalue weighted by molar-refractivity contribution is 5.37. The van der Waals surface area contributed by atoms with Crippen molar-refractivity contribution in [3.63, 3.8) is 0 Å². The molecule has 0 unspecified atom stereocenters. The minimum absolute atomic E-state index is 0.159. The van der Waals surface area contributed by atoms with Gasteiger partial charge >= 0.3 is 0 Å². The summed E-state index contributed by atoms with van der Waals surface area (Å²) in [6.07, 6.45) is 0. The van der Waals surface area contributed by atoms with E-state index in [9.17, 15) is 0 Å². The van der Waals surface area contributed by atoms with Crippen LogP contribution in [0.2, 0.25) is 0 Å². The Hall–Kier alpha value is -1.09. The predicted molar refractivity (Wildman–Crippen MR) is 49.3 cm³/mol. The summed E-state index contributed by atoms with van der Waals surface area (Å²) < 4.78 is 0. The van der Waals surface area contributed by atoms with E-state index in [1.807, 2.05) is 37.1 Å². The molecule has 0 amide bonds. The molecule has 3 heteroatoms. The quantitative estimate of drug-likeness (QED) is 0.722. The molecule has 12 heavy (non-hydrogen) atoms. The zero-order chi connectivity index (χ0) is 8.97. The van der Waals surface area contributed by atoms with E-state index < -0.39 is 0 Å². The zero-order valence-corrected chi connectivity index (χ0v) is 7.49. The van der Waals surface area contributed by atoms with Gasteiger partial charge in [0.1, 0.15) is 5.82 Å². The second-order valence-electron chi connectivity index (χ2n) is 2.78. The normalized spacial score (nSPS) is 9.92. The summed E-state index contributed by atoms with van der Waals surface area (Å²) >= 11 is 0. The van der Waals surface area contributed by atoms with Gasteiger partial charge in [-0.15, -0.1) is 0 Å². The highest BCUT2D eigenvalue weighted by Gasteiger charge is 1.99. The number of aliphatic hydroxyl groups excluding tert-OH is 1. The molecule has 0 aliphatic rings. The van der Waals surface area contributed by atoms with Crippen LogP contribution in [-0.2, 0) is 0 Å². The van der Waals surface area contributed by atoms with Crippen molar-refractivity contribution < 1.29 is 5.11 Å². The third-order valence-electron chi connectivity index (χ3n) is 1.70. The molecule has 0 aliphatic heterocycles. The Morgan fingerprint density at radius 3 is 2.83 bits per heavy atom. The lowest BCUT2D eigenvalue weighted by atomic mass is 10.3. The summed E-state index contributed by atoms with van der Waals surface area (Å²) in [5.74, 6) is 0.907. The number of nitrogens with zero attached hydrogens (tertiary/aromatic N) is 2. The Balaban J connectivity index is 2.73. The Kier molecular flexibility index (Phi) is 3.05.